The number of benzene rings is 1. The minimum absolute atomic E-state index is 0.0224. The Hall–Kier alpha value is -2.31. The van der Waals surface area contributed by atoms with Gasteiger partial charge in [-0.1, -0.05) is 0 Å². The second-order valence-corrected chi connectivity index (χ2v) is 5.58. The molecule has 6 nitrogen and oxygen atoms in total. The highest BCUT2D eigenvalue weighted by molar-refractivity contribution is 5.88. The molecule has 0 saturated carbocycles. The molecule has 22 heavy (non-hydrogen) atoms. The summed E-state index contributed by atoms with van der Waals surface area (Å²) in [6.45, 7) is 4.31. The van der Waals surface area contributed by atoms with Crippen LogP contribution in [-0.2, 0) is 4.79 Å². The van der Waals surface area contributed by atoms with Crippen molar-refractivity contribution >= 4 is 17.6 Å². The Kier molecular flexibility index (Phi) is 5.19. The quantitative estimate of drug-likeness (QED) is 0.743. The fraction of sp³-hybridized carbons (Fsp3) is 0.467. The van der Waals surface area contributed by atoms with Crippen LogP contribution in [-0.4, -0.2) is 35.5 Å². The van der Waals surface area contributed by atoms with Gasteiger partial charge >= 0.3 is 6.03 Å². The minimum Gasteiger partial charge on any atom is -0.336 e. The normalized spacial score (nSPS) is 17.5. The van der Waals surface area contributed by atoms with Gasteiger partial charge in [-0.15, -0.1) is 0 Å². The number of hydrogen-bond donors (Lipinski definition) is 3. The van der Waals surface area contributed by atoms with Gasteiger partial charge in [-0.2, -0.15) is 0 Å². The number of rotatable bonds is 4. The van der Waals surface area contributed by atoms with Crippen molar-refractivity contribution in [2.45, 2.75) is 38.8 Å². The summed E-state index contributed by atoms with van der Waals surface area (Å²) in [6.07, 6.45) is 1.42. The standard InChI is InChI=1S/C15H21FN4O2/c1-10(2)17-15(22)20-9-3-4-13(20)14(21)19-18-12-7-5-11(16)6-8-12/h5-8,10,13,18H,3-4,9H2,1-2H3,(H,17,22)(H,19,21). The molecule has 1 unspecified atom stereocenters. The molecule has 3 amide bonds. The van der Waals surface area contributed by atoms with Crippen LogP contribution in [0.2, 0.25) is 0 Å². The molecular weight excluding hydrogens is 287 g/mol. The van der Waals surface area contributed by atoms with Crippen LogP contribution in [0.3, 0.4) is 0 Å². The molecule has 1 atom stereocenters. The lowest BCUT2D eigenvalue weighted by Crippen LogP contribution is -2.51. The fourth-order valence-corrected chi connectivity index (χ4v) is 2.36. The van der Waals surface area contributed by atoms with Crippen LogP contribution < -0.4 is 16.2 Å². The van der Waals surface area contributed by atoms with Crippen molar-refractivity contribution in [3.63, 3.8) is 0 Å². The average molecular weight is 308 g/mol. The van der Waals surface area contributed by atoms with Crippen LogP contribution >= 0.6 is 0 Å². The summed E-state index contributed by atoms with van der Waals surface area (Å²) in [5.41, 5.74) is 5.86. The lowest BCUT2D eigenvalue weighted by Gasteiger charge is -2.25. The first-order valence-corrected chi connectivity index (χ1v) is 7.36. The molecule has 3 N–H and O–H groups in total. The van der Waals surface area contributed by atoms with Crippen LogP contribution in [0, 0.1) is 5.82 Å². The highest BCUT2D eigenvalue weighted by atomic mass is 19.1. The van der Waals surface area contributed by atoms with Gasteiger partial charge in [0.05, 0.1) is 5.69 Å². The molecule has 1 heterocycles. The van der Waals surface area contributed by atoms with Gasteiger partial charge in [0.2, 0.25) is 0 Å². The van der Waals surface area contributed by atoms with Gasteiger partial charge < -0.3 is 10.2 Å². The molecule has 120 valence electrons. The molecule has 0 radical (unpaired) electrons. The number of halogens is 1. The predicted molar refractivity (Wildman–Crippen MR) is 81.6 cm³/mol. The zero-order valence-electron chi connectivity index (χ0n) is 12.7. The number of carbonyl (C=O) groups excluding carboxylic acids is 2. The topological polar surface area (TPSA) is 73.5 Å². The number of carbonyl (C=O) groups is 2. The smallest absolute Gasteiger partial charge is 0.318 e. The van der Waals surface area contributed by atoms with Crippen LogP contribution in [0.5, 0.6) is 0 Å². The van der Waals surface area contributed by atoms with Crippen molar-refractivity contribution < 1.29 is 14.0 Å². The summed E-state index contributed by atoms with van der Waals surface area (Å²) in [7, 11) is 0. The maximum Gasteiger partial charge on any atom is 0.318 e. The van der Waals surface area contributed by atoms with Crippen LogP contribution in [0.25, 0.3) is 0 Å². The largest absolute Gasteiger partial charge is 0.336 e. The lowest BCUT2D eigenvalue weighted by molar-refractivity contribution is -0.124. The molecule has 0 aromatic heterocycles. The second kappa shape index (κ2) is 7.11. The number of urea groups is 1. The molecule has 1 saturated heterocycles. The molecule has 0 aliphatic carbocycles. The van der Waals surface area contributed by atoms with Crippen LogP contribution in [0.4, 0.5) is 14.9 Å². The van der Waals surface area contributed by atoms with E-state index in [4.69, 9.17) is 0 Å². The summed E-state index contributed by atoms with van der Waals surface area (Å²) >= 11 is 0. The molecule has 1 fully saturated rings. The van der Waals surface area contributed by atoms with Crippen molar-refractivity contribution in [3.05, 3.63) is 30.1 Å². The van der Waals surface area contributed by atoms with Crippen molar-refractivity contribution in [1.29, 1.82) is 0 Å². The number of hydrazine groups is 1. The second-order valence-electron chi connectivity index (χ2n) is 5.58. The Bertz CT molecular complexity index is 533. The van der Waals surface area contributed by atoms with Crippen LogP contribution in [0.1, 0.15) is 26.7 Å². The highest BCUT2D eigenvalue weighted by Gasteiger charge is 2.34. The van der Waals surface area contributed by atoms with E-state index in [1.807, 2.05) is 13.8 Å². The summed E-state index contributed by atoms with van der Waals surface area (Å²) in [5.74, 6) is -0.620. The van der Waals surface area contributed by atoms with E-state index < -0.39 is 6.04 Å². The molecular formula is C15H21FN4O2. The Balaban J connectivity index is 1.90. The fourth-order valence-electron chi connectivity index (χ4n) is 2.36. The minimum atomic E-state index is -0.494. The maximum absolute atomic E-state index is 12.8. The van der Waals surface area contributed by atoms with Gasteiger partial charge in [0.1, 0.15) is 11.9 Å². The molecule has 0 spiro atoms. The molecule has 0 bridgehead atoms. The third kappa shape index (κ3) is 4.09. The summed E-state index contributed by atoms with van der Waals surface area (Å²) in [5, 5.41) is 2.79. The maximum atomic E-state index is 12.8. The van der Waals surface area contributed by atoms with E-state index in [0.29, 0.717) is 18.7 Å². The van der Waals surface area contributed by atoms with Gasteiger partial charge in [-0.3, -0.25) is 15.6 Å². The molecule has 2 rings (SSSR count). The van der Waals surface area contributed by atoms with Crippen molar-refractivity contribution in [3.8, 4) is 0 Å². The zero-order chi connectivity index (χ0) is 16.1. The SMILES string of the molecule is CC(C)NC(=O)N1CCCC1C(=O)NNc1ccc(F)cc1. The molecule has 1 aliphatic rings. The number of amides is 3. The Morgan fingerprint density at radius 1 is 1.27 bits per heavy atom. The van der Waals surface area contributed by atoms with Crippen LogP contribution in [0.15, 0.2) is 24.3 Å². The van der Waals surface area contributed by atoms with E-state index in [2.05, 4.69) is 16.2 Å². The van der Waals surface area contributed by atoms with E-state index in [1.54, 1.807) is 4.90 Å². The van der Waals surface area contributed by atoms with Crippen molar-refractivity contribution in [2.75, 3.05) is 12.0 Å². The lowest BCUT2D eigenvalue weighted by atomic mass is 10.2. The Morgan fingerprint density at radius 2 is 1.95 bits per heavy atom. The first-order chi connectivity index (χ1) is 10.5. The first kappa shape index (κ1) is 16.1. The van der Waals surface area contributed by atoms with Gasteiger partial charge in [-0.05, 0) is 51.0 Å². The molecule has 7 heteroatoms. The van der Waals surface area contributed by atoms with Gasteiger partial charge in [0.15, 0.2) is 0 Å². The number of nitrogens with one attached hydrogen (secondary N) is 3. The summed E-state index contributed by atoms with van der Waals surface area (Å²) < 4.78 is 12.8. The average Bonchev–Trinajstić information content (AvgIpc) is 2.95. The third-order valence-corrected chi connectivity index (χ3v) is 3.40. The van der Waals surface area contributed by atoms with Gasteiger partial charge in [-0.25, -0.2) is 9.18 Å². The Labute approximate surface area is 129 Å². The number of nitrogens with zero attached hydrogens (tertiary/aromatic N) is 1. The molecule has 1 aromatic rings. The van der Waals surface area contributed by atoms with E-state index >= 15 is 0 Å². The third-order valence-electron chi connectivity index (χ3n) is 3.40. The highest BCUT2D eigenvalue weighted by Crippen LogP contribution is 2.17. The van der Waals surface area contributed by atoms with E-state index in [9.17, 15) is 14.0 Å². The van der Waals surface area contributed by atoms with Crippen molar-refractivity contribution in [2.24, 2.45) is 0 Å². The molecule has 1 aromatic carbocycles. The van der Waals surface area contributed by atoms with Gasteiger partial charge in [0.25, 0.3) is 5.91 Å². The molecule has 1 aliphatic heterocycles. The first-order valence-electron chi connectivity index (χ1n) is 7.36. The van der Waals surface area contributed by atoms with Crippen molar-refractivity contribution in [1.82, 2.24) is 15.6 Å². The number of likely N-dealkylation sites (tertiary alicyclic amines) is 1. The Morgan fingerprint density at radius 3 is 2.59 bits per heavy atom. The summed E-state index contributed by atoms with van der Waals surface area (Å²) in [4.78, 5) is 25.8. The number of hydrogen-bond acceptors (Lipinski definition) is 3. The van der Waals surface area contributed by atoms with Gasteiger partial charge in [0, 0.05) is 12.6 Å². The summed E-state index contributed by atoms with van der Waals surface area (Å²) in [6, 6.07) is 4.94. The van der Waals surface area contributed by atoms with E-state index in [-0.39, 0.29) is 23.8 Å². The monoisotopic (exact) mass is 308 g/mol. The predicted octanol–water partition coefficient (Wildman–Crippen LogP) is 1.85. The van der Waals surface area contributed by atoms with E-state index in [0.717, 1.165) is 6.42 Å². The zero-order valence-corrected chi connectivity index (χ0v) is 12.7. The number of anilines is 1. The van der Waals surface area contributed by atoms with E-state index in [1.165, 1.54) is 24.3 Å².